The predicted molar refractivity (Wildman–Crippen MR) is 79.4 cm³/mol. The summed E-state index contributed by atoms with van der Waals surface area (Å²) in [6.07, 6.45) is 3.79. The maximum Gasteiger partial charge on any atom is 0.271 e. The average Bonchev–Trinajstić information content (AvgIpc) is 3.03. The molecule has 2 heterocycles. The molecule has 0 aliphatic rings. The molecule has 1 amide bonds. The Bertz CT molecular complexity index is 575. The van der Waals surface area contributed by atoms with E-state index in [2.05, 4.69) is 10.3 Å². The van der Waals surface area contributed by atoms with Crippen molar-refractivity contribution in [2.45, 2.75) is 26.8 Å². The fourth-order valence-corrected chi connectivity index (χ4v) is 2.70. The number of aliphatic hydroxyl groups is 1. The van der Waals surface area contributed by atoms with E-state index in [1.54, 1.807) is 0 Å². The Morgan fingerprint density at radius 1 is 1.45 bits per heavy atom. The summed E-state index contributed by atoms with van der Waals surface area (Å²) in [6, 6.07) is 3.58. The molecule has 0 saturated heterocycles. The number of aryl methyl sites for hydroxylation is 1. The van der Waals surface area contributed by atoms with Gasteiger partial charge in [-0.15, -0.1) is 11.3 Å². The second-order valence-corrected chi connectivity index (χ2v) is 6.18. The van der Waals surface area contributed by atoms with Crippen molar-refractivity contribution in [2.24, 2.45) is 5.92 Å². The number of nitrogens with zero attached hydrogens (tertiary/aromatic N) is 2. The number of aromatic nitrogens is 2. The van der Waals surface area contributed by atoms with Gasteiger partial charge in [0.1, 0.15) is 5.69 Å². The largest absolute Gasteiger partial charge is 0.394 e. The van der Waals surface area contributed by atoms with E-state index in [0.717, 1.165) is 10.0 Å². The van der Waals surface area contributed by atoms with Gasteiger partial charge in [0.25, 0.3) is 5.91 Å². The van der Waals surface area contributed by atoms with Crippen molar-refractivity contribution in [1.82, 2.24) is 14.9 Å². The highest BCUT2D eigenvalue weighted by atomic mass is 32.1. The molecule has 1 atom stereocenters. The Kier molecular flexibility index (Phi) is 4.57. The van der Waals surface area contributed by atoms with Crippen LogP contribution in [0.5, 0.6) is 0 Å². The number of amides is 1. The zero-order valence-electron chi connectivity index (χ0n) is 11.8. The third-order valence-corrected chi connectivity index (χ3v) is 4.13. The van der Waals surface area contributed by atoms with E-state index >= 15 is 0 Å². The fourth-order valence-electron chi connectivity index (χ4n) is 1.83. The fraction of sp³-hybridized carbons (Fsp3) is 0.429. The van der Waals surface area contributed by atoms with Crippen LogP contribution in [0.2, 0.25) is 0 Å². The number of carbonyl (C=O) groups excluding carboxylic acids is 1. The summed E-state index contributed by atoms with van der Waals surface area (Å²) in [5, 5.41) is 12.9. The first-order chi connectivity index (χ1) is 9.52. The van der Waals surface area contributed by atoms with E-state index in [0.29, 0.717) is 5.69 Å². The van der Waals surface area contributed by atoms with Gasteiger partial charge in [0.05, 0.1) is 12.6 Å². The number of nitrogens with one attached hydrogen (secondary N) is 1. The first kappa shape index (κ1) is 14.7. The molecule has 0 saturated carbocycles. The highest BCUT2D eigenvalue weighted by Crippen LogP contribution is 2.21. The molecule has 6 heteroatoms. The molecule has 2 rings (SSSR count). The van der Waals surface area contributed by atoms with Crippen LogP contribution in [-0.2, 0) is 0 Å². The summed E-state index contributed by atoms with van der Waals surface area (Å²) in [5.41, 5.74) is 0.429. The van der Waals surface area contributed by atoms with Crippen molar-refractivity contribution < 1.29 is 9.90 Å². The lowest BCUT2D eigenvalue weighted by molar-refractivity contribution is 0.0892. The van der Waals surface area contributed by atoms with Crippen LogP contribution in [0.4, 0.5) is 0 Å². The summed E-state index contributed by atoms with van der Waals surface area (Å²) in [4.78, 5) is 17.5. The average molecular weight is 293 g/mol. The minimum absolute atomic E-state index is 0.0724. The highest BCUT2D eigenvalue weighted by molar-refractivity contribution is 7.14. The molecule has 0 aromatic carbocycles. The second kappa shape index (κ2) is 6.19. The Hall–Kier alpha value is -1.66. The number of hydrogen-bond acceptors (Lipinski definition) is 4. The van der Waals surface area contributed by atoms with Crippen LogP contribution in [-0.4, -0.2) is 33.2 Å². The molecular formula is C14H19N3O2S. The smallest absolute Gasteiger partial charge is 0.271 e. The standard InChI is InChI=1S/C14H19N3O2S/c1-9(2)11(8-18)15-13(19)12-10(3)20-14(16-12)17-6-4-5-7-17/h4-7,9,11,18H,8H2,1-3H3,(H,15,19)/t11-/m0/s1. The lowest BCUT2D eigenvalue weighted by Crippen LogP contribution is -2.41. The third-order valence-electron chi connectivity index (χ3n) is 3.14. The van der Waals surface area contributed by atoms with Crippen molar-refractivity contribution in [2.75, 3.05) is 6.61 Å². The quantitative estimate of drug-likeness (QED) is 0.886. The summed E-state index contributed by atoms with van der Waals surface area (Å²) in [5.74, 6) is -0.0586. The predicted octanol–water partition coefficient (Wildman–Crippen LogP) is 1.99. The second-order valence-electron chi connectivity index (χ2n) is 5.00. The molecule has 20 heavy (non-hydrogen) atoms. The molecular weight excluding hydrogens is 274 g/mol. The van der Waals surface area contributed by atoms with Crippen molar-refractivity contribution in [3.63, 3.8) is 0 Å². The lowest BCUT2D eigenvalue weighted by atomic mass is 10.1. The van der Waals surface area contributed by atoms with Gasteiger partial charge in [-0.05, 0) is 25.0 Å². The van der Waals surface area contributed by atoms with Crippen molar-refractivity contribution in [3.05, 3.63) is 35.1 Å². The van der Waals surface area contributed by atoms with Gasteiger partial charge in [-0.2, -0.15) is 0 Å². The van der Waals surface area contributed by atoms with Crippen LogP contribution in [0, 0.1) is 12.8 Å². The van der Waals surface area contributed by atoms with Crippen LogP contribution in [0.25, 0.3) is 5.13 Å². The zero-order valence-corrected chi connectivity index (χ0v) is 12.6. The molecule has 0 aliphatic heterocycles. The van der Waals surface area contributed by atoms with Gasteiger partial charge >= 0.3 is 0 Å². The molecule has 0 bridgehead atoms. The molecule has 0 spiro atoms. The zero-order chi connectivity index (χ0) is 14.7. The maximum absolute atomic E-state index is 12.2. The first-order valence-corrected chi connectivity index (χ1v) is 7.37. The van der Waals surface area contributed by atoms with Crippen LogP contribution >= 0.6 is 11.3 Å². The molecule has 5 nitrogen and oxygen atoms in total. The Morgan fingerprint density at radius 3 is 2.65 bits per heavy atom. The van der Waals surface area contributed by atoms with Gasteiger partial charge in [-0.25, -0.2) is 4.98 Å². The number of aliphatic hydroxyl groups excluding tert-OH is 1. The number of carbonyl (C=O) groups is 1. The Labute approximate surface area is 122 Å². The minimum Gasteiger partial charge on any atom is -0.394 e. The van der Waals surface area contributed by atoms with Crippen LogP contribution < -0.4 is 5.32 Å². The van der Waals surface area contributed by atoms with Gasteiger partial charge in [0, 0.05) is 17.3 Å². The summed E-state index contributed by atoms with van der Waals surface area (Å²) >= 11 is 1.47. The topological polar surface area (TPSA) is 67.2 Å². The van der Waals surface area contributed by atoms with E-state index in [-0.39, 0.29) is 24.5 Å². The van der Waals surface area contributed by atoms with Gasteiger partial charge in [-0.3, -0.25) is 4.79 Å². The van der Waals surface area contributed by atoms with Crippen LogP contribution in [0.15, 0.2) is 24.5 Å². The van der Waals surface area contributed by atoms with Crippen molar-refractivity contribution >= 4 is 17.2 Å². The third kappa shape index (κ3) is 3.08. The van der Waals surface area contributed by atoms with E-state index in [1.807, 2.05) is 49.9 Å². The summed E-state index contributed by atoms with van der Waals surface area (Å²) in [6.45, 7) is 5.72. The van der Waals surface area contributed by atoms with E-state index in [4.69, 9.17) is 0 Å². The number of rotatable bonds is 5. The molecule has 0 fully saturated rings. The SMILES string of the molecule is Cc1sc(-n2cccc2)nc1C(=O)N[C@@H](CO)C(C)C. The van der Waals surface area contributed by atoms with Crippen LogP contribution in [0.1, 0.15) is 29.2 Å². The molecule has 108 valence electrons. The molecule has 0 aliphatic carbocycles. The van der Waals surface area contributed by atoms with Gasteiger partial charge in [0.15, 0.2) is 5.13 Å². The minimum atomic E-state index is -0.251. The number of thiazole rings is 1. The molecule has 0 unspecified atom stereocenters. The van der Waals surface area contributed by atoms with Crippen molar-refractivity contribution in [1.29, 1.82) is 0 Å². The Morgan fingerprint density at radius 2 is 2.10 bits per heavy atom. The summed E-state index contributed by atoms with van der Waals surface area (Å²) in [7, 11) is 0. The molecule has 2 N–H and O–H groups in total. The Balaban J connectivity index is 2.18. The molecule has 2 aromatic heterocycles. The number of hydrogen-bond donors (Lipinski definition) is 2. The first-order valence-electron chi connectivity index (χ1n) is 6.55. The summed E-state index contributed by atoms with van der Waals surface area (Å²) < 4.78 is 1.88. The van der Waals surface area contributed by atoms with Gasteiger partial charge < -0.3 is 15.0 Å². The van der Waals surface area contributed by atoms with Crippen LogP contribution in [0.3, 0.4) is 0 Å². The normalized spacial score (nSPS) is 12.7. The molecule has 0 radical (unpaired) electrons. The monoisotopic (exact) mass is 293 g/mol. The molecule has 2 aromatic rings. The van der Waals surface area contributed by atoms with Gasteiger partial charge in [0.2, 0.25) is 0 Å². The lowest BCUT2D eigenvalue weighted by Gasteiger charge is -2.19. The van der Waals surface area contributed by atoms with E-state index in [9.17, 15) is 9.90 Å². The highest BCUT2D eigenvalue weighted by Gasteiger charge is 2.20. The van der Waals surface area contributed by atoms with Crippen molar-refractivity contribution in [3.8, 4) is 5.13 Å². The van der Waals surface area contributed by atoms with E-state index < -0.39 is 0 Å². The van der Waals surface area contributed by atoms with E-state index in [1.165, 1.54) is 11.3 Å². The van der Waals surface area contributed by atoms with Gasteiger partial charge in [-0.1, -0.05) is 13.8 Å². The maximum atomic E-state index is 12.2.